The number of aliphatic hydroxyl groups is 1. The number of nitrogens with zero attached hydrogens (tertiary/aromatic N) is 3. The summed E-state index contributed by atoms with van der Waals surface area (Å²) in [5.74, 6) is 0.738. The van der Waals surface area contributed by atoms with Crippen LogP contribution >= 0.6 is 0 Å². The van der Waals surface area contributed by atoms with Gasteiger partial charge < -0.3 is 15.3 Å². The van der Waals surface area contributed by atoms with Crippen molar-refractivity contribution in [1.82, 2.24) is 15.3 Å². The number of anilines is 1. The molecule has 0 spiro atoms. The van der Waals surface area contributed by atoms with Gasteiger partial charge in [-0.3, -0.25) is 0 Å². The molecule has 17 heavy (non-hydrogen) atoms. The second kappa shape index (κ2) is 5.93. The SMILES string of the molecule is CCNCc1cnc(N(CCO)C2CC2)nc1. The lowest BCUT2D eigenvalue weighted by atomic mass is 10.3. The highest BCUT2D eigenvalue weighted by Gasteiger charge is 2.30. The van der Waals surface area contributed by atoms with E-state index in [-0.39, 0.29) is 6.61 Å². The molecular weight excluding hydrogens is 216 g/mol. The lowest BCUT2D eigenvalue weighted by Crippen LogP contribution is -2.30. The Bertz CT molecular complexity index is 337. The molecule has 1 aromatic rings. The van der Waals surface area contributed by atoms with Crippen LogP contribution in [-0.4, -0.2) is 40.8 Å². The van der Waals surface area contributed by atoms with Gasteiger partial charge in [0.2, 0.25) is 5.95 Å². The molecule has 0 aliphatic heterocycles. The average Bonchev–Trinajstić information content (AvgIpc) is 3.18. The smallest absolute Gasteiger partial charge is 0.225 e. The summed E-state index contributed by atoms with van der Waals surface area (Å²) in [6.45, 7) is 4.60. The fourth-order valence-corrected chi connectivity index (χ4v) is 1.80. The second-order valence-electron chi connectivity index (χ2n) is 4.32. The molecule has 0 atom stereocenters. The van der Waals surface area contributed by atoms with Crippen LogP contribution in [0.5, 0.6) is 0 Å². The van der Waals surface area contributed by atoms with Gasteiger partial charge in [-0.15, -0.1) is 0 Å². The van der Waals surface area contributed by atoms with E-state index in [1.807, 2.05) is 12.4 Å². The minimum Gasteiger partial charge on any atom is -0.395 e. The van der Waals surface area contributed by atoms with Crippen molar-refractivity contribution in [3.05, 3.63) is 18.0 Å². The normalized spacial score (nSPS) is 14.9. The maximum Gasteiger partial charge on any atom is 0.225 e. The molecule has 0 unspecified atom stereocenters. The van der Waals surface area contributed by atoms with Gasteiger partial charge in [-0.1, -0.05) is 6.92 Å². The second-order valence-corrected chi connectivity index (χ2v) is 4.32. The molecule has 1 aliphatic carbocycles. The van der Waals surface area contributed by atoms with Gasteiger partial charge in [0, 0.05) is 37.1 Å². The zero-order valence-electron chi connectivity index (χ0n) is 10.3. The van der Waals surface area contributed by atoms with Gasteiger partial charge in [0.05, 0.1) is 6.61 Å². The first kappa shape index (κ1) is 12.3. The van der Waals surface area contributed by atoms with Crippen LogP contribution < -0.4 is 10.2 Å². The highest BCUT2D eigenvalue weighted by molar-refractivity contribution is 5.34. The third-order valence-electron chi connectivity index (χ3n) is 2.86. The standard InChI is InChI=1S/C12H20N4O/c1-2-13-7-10-8-14-12(15-9-10)16(5-6-17)11-3-4-11/h8-9,11,13,17H,2-7H2,1H3. The van der Waals surface area contributed by atoms with Crippen molar-refractivity contribution in [2.75, 3.05) is 24.6 Å². The van der Waals surface area contributed by atoms with Crippen molar-refractivity contribution < 1.29 is 5.11 Å². The van der Waals surface area contributed by atoms with E-state index in [9.17, 15) is 0 Å². The summed E-state index contributed by atoms with van der Waals surface area (Å²) >= 11 is 0. The first-order valence-corrected chi connectivity index (χ1v) is 6.24. The summed E-state index contributed by atoms with van der Waals surface area (Å²) in [5, 5.41) is 12.3. The Morgan fingerprint density at radius 3 is 2.65 bits per heavy atom. The molecule has 1 heterocycles. The fourth-order valence-electron chi connectivity index (χ4n) is 1.80. The van der Waals surface area contributed by atoms with E-state index in [1.54, 1.807) is 0 Å². The Labute approximate surface area is 102 Å². The van der Waals surface area contributed by atoms with Crippen molar-refractivity contribution in [3.8, 4) is 0 Å². The van der Waals surface area contributed by atoms with E-state index in [4.69, 9.17) is 5.11 Å². The maximum absolute atomic E-state index is 9.04. The first-order chi connectivity index (χ1) is 8.35. The Morgan fingerprint density at radius 2 is 2.12 bits per heavy atom. The topological polar surface area (TPSA) is 61.3 Å². The summed E-state index contributed by atoms with van der Waals surface area (Å²) in [6, 6.07) is 0.529. The summed E-state index contributed by atoms with van der Waals surface area (Å²) in [7, 11) is 0. The summed E-state index contributed by atoms with van der Waals surface area (Å²) in [5.41, 5.74) is 1.09. The molecule has 0 amide bonds. The number of rotatable bonds is 7. The zero-order chi connectivity index (χ0) is 12.1. The average molecular weight is 236 g/mol. The van der Waals surface area contributed by atoms with Gasteiger partial charge >= 0.3 is 0 Å². The summed E-state index contributed by atoms with van der Waals surface area (Å²) in [4.78, 5) is 10.8. The van der Waals surface area contributed by atoms with Crippen LogP contribution in [0.4, 0.5) is 5.95 Å². The van der Waals surface area contributed by atoms with Crippen LogP contribution in [0.2, 0.25) is 0 Å². The quantitative estimate of drug-likeness (QED) is 0.724. The Kier molecular flexibility index (Phi) is 4.28. The minimum atomic E-state index is 0.152. The van der Waals surface area contributed by atoms with Gasteiger partial charge in [-0.05, 0) is 19.4 Å². The molecule has 1 aromatic heterocycles. The summed E-state index contributed by atoms with van der Waals surface area (Å²) < 4.78 is 0. The molecule has 0 aromatic carbocycles. The summed E-state index contributed by atoms with van der Waals surface area (Å²) in [6.07, 6.45) is 6.08. The van der Waals surface area contributed by atoms with E-state index in [2.05, 4.69) is 27.1 Å². The molecule has 94 valence electrons. The Morgan fingerprint density at radius 1 is 1.41 bits per heavy atom. The van der Waals surface area contributed by atoms with E-state index in [0.29, 0.717) is 12.6 Å². The molecule has 2 rings (SSSR count). The van der Waals surface area contributed by atoms with Crippen molar-refractivity contribution in [2.24, 2.45) is 0 Å². The van der Waals surface area contributed by atoms with E-state index >= 15 is 0 Å². The fraction of sp³-hybridized carbons (Fsp3) is 0.667. The number of hydrogen-bond acceptors (Lipinski definition) is 5. The van der Waals surface area contributed by atoms with Gasteiger partial charge in [-0.25, -0.2) is 9.97 Å². The number of hydrogen-bond donors (Lipinski definition) is 2. The van der Waals surface area contributed by atoms with Gasteiger partial charge in [0.25, 0.3) is 0 Å². The molecule has 5 nitrogen and oxygen atoms in total. The third-order valence-corrected chi connectivity index (χ3v) is 2.86. The Balaban J connectivity index is 1.99. The minimum absolute atomic E-state index is 0.152. The van der Waals surface area contributed by atoms with Crippen molar-refractivity contribution >= 4 is 5.95 Å². The predicted octanol–water partition coefficient (Wildman–Crippen LogP) is 0.547. The zero-order valence-corrected chi connectivity index (χ0v) is 10.3. The molecule has 1 fully saturated rings. The van der Waals surface area contributed by atoms with E-state index in [0.717, 1.165) is 24.6 Å². The van der Waals surface area contributed by atoms with Crippen molar-refractivity contribution in [1.29, 1.82) is 0 Å². The van der Waals surface area contributed by atoms with Gasteiger partial charge in [-0.2, -0.15) is 0 Å². The van der Waals surface area contributed by atoms with E-state index < -0.39 is 0 Å². The molecule has 2 N–H and O–H groups in total. The maximum atomic E-state index is 9.04. The van der Waals surface area contributed by atoms with Crippen LogP contribution in [0.3, 0.4) is 0 Å². The molecule has 0 saturated heterocycles. The van der Waals surface area contributed by atoms with Gasteiger partial charge in [0.15, 0.2) is 0 Å². The van der Waals surface area contributed by atoms with Crippen molar-refractivity contribution in [2.45, 2.75) is 32.4 Å². The lowest BCUT2D eigenvalue weighted by molar-refractivity contribution is 0.300. The highest BCUT2D eigenvalue weighted by atomic mass is 16.3. The number of nitrogens with one attached hydrogen (secondary N) is 1. The molecule has 1 aliphatic rings. The van der Waals surface area contributed by atoms with Crippen LogP contribution in [-0.2, 0) is 6.54 Å². The van der Waals surface area contributed by atoms with Crippen LogP contribution in [0.25, 0.3) is 0 Å². The van der Waals surface area contributed by atoms with Crippen molar-refractivity contribution in [3.63, 3.8) is 0 Å². The molecule has 0 radical (unpaired) electrons. The predicted molar refractivity (Wildman–Crippen MR) is 66.9 cm³/mol. The third kappa shape index (κ3) is 3.38. The molecular formula is C12H20N4O. The van der Waals surface area contributed by atoms with Crippen LogP contribution in [0, 0.1) is 0 Å². The number of aliphatic hydroxyl groups excluding tert-OH is 1. The van der Waals surface area contributed by atoms with E-state index in [1.165, 1.54) is 12.8 Å². The van der Waals surface area contributed by atoms with Crippen LogP contribution in [0.1, 0.15) is 25.3 Å². The molecule has 1 saturated carbocycles. The largest absolute Gasteiger partial charge is 0.395 e. The first-order valence-electron chi connectivity index (χ1n) is 6.24. The Hall–Kier alpha value is -1.20. The molecule has 5 heteroatoms. The van der Waals surface area contributed by atoms with Gasteiger partial charge in [0.1, 0.15) is 0 Å². The molecule has 0 bridgehead atoms. The highest BCUT2D eigenvalue weighted by Crippen LogP contribution is 2.29. The monoisotopic (exact) mass is 236 g/mol. The number of aromatic nitrogens is 2. The lowest BCUT2D eigenvalue weighted by Gasteiger charge is -2.20. The van der Waals surface area contributed by atoms with Crippen LogP contribution in [0.15, 0.2) is 12.4 Å².